The Morgan fingerprint density at radius 2 is 1.72 bits per heavy atom. The fourth-order valence-electron chi connectivity index (χ4n) is 5.65. The van der Waals surface area contributed by atoms with Crippen molar-refractivity contribution < 1.29 is 67.9 Å². The fraction of sp³-hybridized carbons (Fsp3) is 0.222. The molecule has 1 saturated heterocycles. The highest BCUT2D eigenvalue weighted by Gasteiger charge is 2.54. The van der Waals surface area contributed by atoms with E-state index < -0.39 is 71.5 Å². The van der Waals surface area contributed by atoms with Crippen molar-refractivity contribution >= 4 is 98.9 Å². The highest BCUT2D eigenvalue weighted by molar-refractivity contribution is 8.01. The van der Waals surface area contributed by atoms with Crippen LogP contribution in [0.2, 0.25) is 0 Å². The summed E-state index contributed by atoms with van der Waals surface area (Å²) in [5.41, 5.74) is 6.45. The Kier molecular flexibility index (Phi) is 13.4. The molecule has 2 aromatic carbocycles. The molecule has 20 nitrogen and oxygen atoms in total. The van der Waals surface area contributed by atoms with Crippen molar-refractivity contribution in [2.24, 2.45) is 5.16 Å². The van der Waals surface area contributed by atoms with Crippen LogP contribution in [0, 0.1) is 0 Å². The molecule has 6 rings (SSSR count). The first-order valence-electron chi connectivity index (χ1n) is 17.1. The molecule has 0 aliphatic carbocycles. The summed E-state index contributed by atoms with van der Waals surface area (Å²) in [6.45, 7) is 2.32. The number of thioether (sulfide) groups is 2. The van der Waals surface area contributed by atoms with Gasteiger partial charge in [0, 0.05) is 52.3 Å². The van der Waals surface area contributed by atoms with E-state index in [1.807, 2.05) is 0 Å². The minimum absolute atomic E-state index is 0.0399. The van der Waals surface area contributed by atoms with E-state index in [4.69, 9.17) is 24.8 Å². The van der Waals surface area contributed by atoms with Crippen LogP contribution in [0.15, 0.2) is 74.9 Å². The number of esters is 2. The predicted octanol–water partition coefficient (Wildman–Crippen LogP) is 3.97. The van der Waals surface area contributed by atoms with Crippen LogP contribution >= 0.6 is 46.2 Å². The van der Waals surface area contributed by atoms with Crippen LogP contribution < -0.4 is 20.5 Å². The smallest absolute Gasteiger partial charge is 0.481 e. The van der Waals surface area contributed by atoms with Crippen LogP contribution in [0.3, 0.4) is 0 Å². The average molecular weight is 899 g/mol. The predicted molar refractivity (Wildman–Crippen MR) is 214 cm³/mol. The van der Waals surface area contributed by atoms with E-state index >= 15 is 0 Å². The zero-order chi connectivity index (χ0) is 43.2. The molecule has 1 unspecified atom stereocenters. The van der Waals surface area contributed by atoms with Crippen LogP contribution in [0.5, 0.6) is 11.5 Å². The first kappa shape index (κ1) is 43.1. The van der Waals surface area contributed by atoms with Gasteiger partial charge in [-0.1, -0.05) is 47.2 Å². The fourth-order valence-corrected chi connectivity index (χ4v) is 9.85. The van der Waals surface area contributed by atoms with Crippen molar-refractivity contribution in [2.75, 3.05) is 17.2 Å². The third-order valence-electron chi connectivity index (χ3n) is 8.10. The zero-order valence-electron chi connectivity index (χ0n) is 30.9. The number of carboxylic acid groups (broad SMARTS) is 3. The highest BCUT2D eigenvalue weighted by atomic mass is 32.2. The molecule has 24 heteroatoms. The lowest BCUT2D eigenvalue weighted by Gasteiger charge is -2.49. The van der Waals surface area contributed by atoms with E-state index in [1.165, 1.54) is 54.4 Å². The van der Waals surface area contributed by atoms with Gasteiger partial charge in [0.25, 0.3) is 11.8 Å². The van der Waals surface area contributed by atoms with E-state index in [1.54, 1.807) is 18.2 Å². The lowest BCUT2D eigenvalue weighted by molar-refractivity contribution is -0.151. The summed E-state index contributed by atoms with van der Waals surface area (Å²) in [5, 5.41) is 36.1. The normalized spacial score (nSPS) is 16.5. The van der Waals surface area contributed by atoms with Crippen LogP contribution in [0.25, 0.3) is 11.3 Å². The number of amides is 2. The van der Waals surface area contributed by atoms with Gasteiger partial charge in [0.15, 0.2) is 26.7 Å². The molecule has 2 aliphatic rings. The Labute approximate surface area is 354 Å². The number of ether oxygens (including phenoxy) is 3. The highest BCUT2D eigenvalue weighted by Crippen LogP contribution is 2.43. The number of oxime groups is 1. The van der Waals surface area contributed by atoms with Crippen LogP contribution in [-0.2, 0) is 44.8 Å². The van der Waals surface area contributed by atoms with Gasteiger partial charge >= 0.3 is 30.0 Å². The second-order valence-corrected chi connectivity index (χ2v) is 16.6. The van der Waals surface area contributed by atoms with Gasteiger partial charge in [0.2, 0.25) is 12.0 Å². The van der Waals surface area contributed by atoms with Crippen molar-refractivity contribution in [2.45, 2.75) is 42.1 Å². The van der Waals surface area contributed by atoms with Crippen LogP contribution in [-0.4, -0.2) is 101 Å². The molecular formula is C36H30N6O14S4. The number of thiazole rings is 2. The summed E-state index contributed by atoms with van der Waals surface area (Å²) < 4.78 is 15.8. The lowest BCUT2D eigenvalue weighted by atomic mass is 10.1. The molecule has 0 radical (unpaired) electrons. The standard InChI is InChI=1S/C36H30N6O14S4/c1-15(43)53-21-9-8-18(10-22(21)54-16(2)44)25-23(11-24(45)46)60-35(40-25)59-13-19-12-57-32-27(30(48)42(32)31(19)55-36(51)52)39-29(47)26(20-14-58-34(37)38-20)41-56-28(33(49)50)17-6-4-3-5-7-17/h3-10,14,27-28,32H,11-13H2,1-2H3,(H2,37,38)(H,39,47)(H,45,46)(H,49,50)(H,51,52)/t27-,28?,32+/m1/s1. The van der Waals surface area contributed by atoms with E-state index in [2.05, 4.69) is 20.4 Å². The number of carboxylic acids is 2. The zero-order valence-corrected chi connectivity index (χ0v) is 34.1. The molecule has 2 aromatic heterocycles. The Bertz CT molecular complexity index is 2450. The molecule has 0 bridgehead atoms. The topological polar surface area (TPSA) is 297 Å². The van der Waals surface area contributed by atoms with Crippen molar-refractivity contribution in [3.8, 4) is 22.8 Å². The van der Waals surface area contributed by atoms with Crippen molar-refractivity contribution in [3.63, 3.8) is 0 Å². The quantitative estimate of drug-likeness (QED) is 0.0265. The molecule has 0 spiro atoms. The summed E-state index contributed by atoms with van der Waals surface area (Å²) in [6.07, 6.45) is -3.73. The molecule has 60 heavy (non-hydrogen) atoms. The average Bonchev–Trinajstić information content (AvgIpc) is 3.80. The number of nitrogens with two attached hydrogens (primary N) is 1. The van der Waals surface area contributed by atoms with Gasteiger partial charge in [-0.15, -0.1) is 34.4 Å². The van der Waals surface area contributed by atoms with Gasteiger partial charge in [-0.3, -0.25) is 28.9 Å². The van der Waals surface area contributed by atoms with Crippen LogP contribution in [0.1, 0.15) is 36.1 Å². The number of hydrogen-bond donors (Lipinski definition) is 5. The van der Waals surface area contributed by atoms with Gasteiger partial charge in [-0.05, 0) is 18.2 Å². The molecule has 4 heterocycles. The van der Waals surface area contributed by atoms with E-state index in [0.29, 0.717) is 20.4 Å². The summed E-state index contributed by atoms with van der Waals surface area (Å²) in [6, 6.07) is 10.9. The number of hydrogen-bond acceptors (Lipinski definition) is 19. The van der Waals surface area contributed by atoms with Crippen LogP contribution in [0.4, 0.5) is 9.93 Å². The summed E-state index contributed by atoms with van der Waals surface area (Å²) >= 11 is 4.33. The maximum absolute atomic E-state index is 13.7. The monoisotopic (exact) mass is 898 g/mol. The SMILES string of the molecule is CC(=O)Oc1ccc(-c2nc(SCC3=C(OC(=O)O)N4C(=O)[C@@H](NC(=O)C(=NOC(C(=O)O)c5ccccc5)c5csc(N)n5)[C@@H]4SC3)sc2CC(=O)O)cc1OC(C)=O. The summed E-state index contributed by atoms with van der Waals surface area (Å²) in [4.78, 5) is 102. The van der Waals surface area contributed by atoms with E-state index in [-0.39, 0.29) is 51.0 Å². The minimum Gasteiger partial charge on any atom is -0.481 e. The Hall–Kier alpha value is -6.50. The third kappa shape index (κ3) is 10.0. The van der Waals surface area contributed by atoms with E-state index in [0.717, 1.165) is 46.3 Å². The van der Waals surface area contributed by atoms with E-state index in [9.17, 15) is 48.9 Å². The number of nitrogens with zero attached hydrogens (tertiary/aromatic N) is 4. The number of anilines is 1. The maximum Gasteiger partial charge on any atom is 0.512 e. The summed E-state index contributed by atoms with van der Waals surface area (Å²) in [5.74, 6) is -5.85. The number of nitrogens with one attached hydrogen (secondary N) is 1. The number of benzene rings is 2. The van der Waals surface area contributed by atoms with Gasteiger partial charge < -0.3 is 45.4 Å². The Balaban J connectivity index is 1.22. The molecule has 2 amide bonds. The van der Waals surface area contributed by atoms with Crippen molar-refractivity contribution in [3.05, 3.63) is 81.5 Å². The van der Waals surface area contributed by atoms with Crippen molar-refractivity contribution in [1.82, 2.24) is 20.2 Å². The number of nitrogen functional groups attached to an aromatic ring is 1. The first-order chi connectivity index (χ1) is 28.6. The van der Waals surface area contributed by atoms with Gasteiger partial charge in [-0.2, -0.15) is 0 Å². The lowest BCUT2D eigenvalue weighted by Crippen LogP contribution is -2.70. The molecule has 3 atom stereocenters. The number of fused-ring (bicyclic) bond motifs is 1. The molecular weight excluding hydrogens is 869 g/mol. The number of aromatic nitrogens is 2. The number of aliphatic carboxylic acids is 2. The maximum atomic E-state index is 13.7. The molecule has 0 saturated carbocycles. The first-order valence-corrected chi connectivity index (χ1v) is 20.8. The van der Waals surface area contributed by atoms with Crippen molar-refractivity contribution in [1.29, 1.82) is 0 Å². The molecule has 1 fully saturated rings. The molecule has 4 aromatic rings. The number of carbonyl (C=O) groups is 7. The number of rotatable bonds is 16. The summed E-state index contributed by atoms with van der Waals surface area (Å²) in [7, 11) is 0. The molecule has 2 aliphatic heterocycles. The molecule has 6 N–H and O–H groups in total. The molecule has 312 valence electrons. The largest absolute Gasteiger partial charge is 0.512 e. The van der Waals surface area contributed by atoms with Gasteiger partial charge in [0.1, 0.15) is 17.1 Å². The van der Waals surface area contributed by atoms with Gasteiger partial charge in [-0.25, -0.2) is 19.6 Å². The number of β-lactam (4-membered cyclic amide) rings is 1. The van der Waals surface area contributed by atoms with Gasteiger partial charge in [0.05, 0.1) is 12.1 Å². The number of carbonyl (C=O) groups excluding carboxylic acids is 4. The third-order valence-corrected chi connectivity index (χ3v) is 12.4. The minimum atomic E-state index is -1.71. The second kappa shape index (κ2) is 18.6. The second-order valence-electron chi connectivity index (χ2n) is 12.3. The Morgan fingerprint density at radius 3 is 2.35 bits per heavy atom. The Morgan fingerprint density at radius 1 is 1.00 bits per heavy atom.